The number of aryl methyl sites for hydroxylation is 1. The van der Waals surface area contributed by atoms with Crippen LogP contribution >= 0.6 is 23.4 Å². The van der Waals surface area contributed by atoms with Crippen molar-refractivity contribution in [1.82, 2.24) is 5.32 Å². The molecule has 180 valence electrons. The summed E-state index contributed by atoms with van der Waals surface area (Å²) in [4.78, 5) is 3.06. The zero-order chi connectivity index (χ0) is 24.1. The number of methoxy groups -OCH3 is 1. The number of nitrogens with zero attached hydrogens (tertiary/aromatic N) is 1. The maximum atomic E-state index is 13.5. The molecule has 0 atom stereocenters. The molecule has 0 aromatic heterocycles. The SMILES string of the molecule is COc1ccc(NS(=O)(=O)c2cc(Cl)cc(C)c2SCc2ccccc2)cc1N1CCNCC1. The van der Waals surface area contributed by atoms with Gasteiger partial charge in [0, 0.05) is 41.8 Å². The molecule has 1 aliphatic rings. The lowest BCUT2D eigenvalue weighted by atomic mass is 10.2. The molecule has 34 heavy (non-hydrogen) atoms. The fourth-order valence-corrected chi connectivity index (χ4v) is 7.00. The number of piperazine rings is 1. The summed E-state index contributed by atoms with van der Waals surface area (Å²) in [7, 11) is -2.27. The molecule has 1 fully saturated rings. The number of nitrogens with one attached hydrogen (secondary N) is 2. The third-order valence-electron chi connectivity index (χ3n) is 5.61. The molecular weight excluding hydrogens is 490 g/mol. The number of thioether (sulfide) groups is 1. The second-order valence-electron chi connectivity index (χ2n) is 8.05. The van der Waals surface area contributed by atoms with Crippen LogP contribution in [0.15, 0.2) is 70.5 Å². The molecule has 0 unspecified atom stereocenters. The highest BCUT2D eigenvalue weighted by Gasteiger charge is 2.23. The summed E-state index contributed by atoms with van der Waals surface area (Å²) in [5, 5.41) is 3.72. The Balaban J connectivity index is 1.64. The van der Waals surface area contributed by atoms with E-state index in [0.29, 0.717) is 27.1 Å². The van der Waals surface area contributed by atoms with Crippen molar-refractivity contribution >= 4 is 44.8 Å². The van der Waals surface area contributed by atoms with E-state index in [1.165, 1.54) is 17.8 Å². The maximum Gasteiger partial charge on any atom is 0.263 e. The van der Waals surface area contributed by atoms with E-state index >= 15 is 0 Å². The number of benzene rings is 3. The number of ether oxygens (including phenoxy) is 1. The Morgan fingerprint density at radius 1 is 1.09 bits per heavy atom. The van der Waals surface area contributed by atoms with Crippen LogP contribution in [0.2, 0.25) is 5.02 Å². The van der Waals surface area contributed by atoms with Gasteiger partial charge < -0.3 is 15.0 Å². The second-order valence-corrected chi connectivity index (χ2v) is 11.1. The Bertz CT molecular complexity index is 1250. The van der Waals surface area contributed by atoms with E-state index in [1.54, 1.807) is 25.3 Å². The number of halogens is 1. The van der Waals surface area contributed by atoms with Gasteiger partial charge in [0.1, 0.15) is 10.6 Å². The van der Waals surface area contributed by atoms with Gasteiger partial charge >= 0.3 is 0 Å². The molecule has 2 N–H and O–H groups in total. The molecule has 1 heterocycles. The largest absolute Gasteiger partial charge is 0.495 e. The Kier molecular flexibility index (Phi) is 7.93. The molecule has 0 saturated carbocycles. The monoisotopic (exact) mass is 517 g/mol. The summed E-state index contributed by atoms with van der Waals surface area (Å²) in [6.07, 6.45) is 0. The molecule has 9 heteroatoms. The van der Waals surface area contributed by atoms with Crippen LogP contribution in [-0.2, 0) is 15.8 Å². The van der Waals surface area contributed by atoms with Gasteiger partial charge in [-0.2, -0.15) is 0 Å². The predicted molar refractivity (Wildman–Crippen MR) is 141 cm³/mol. The molecule has 4 rings (SSSR count). The standard InChI is InChI=1S/C25H28ClN3O3S2/c1-18-14-20(26)15-24(25(18)33-17-19-6-4-3-5-7-19)34(30,31)28-21-8-9-23(32-2)22(16-21)29-12-10-27-11-13-29/h3-9,14-16,27-28H,10-13,17H2,1-2H3. The van der Waals surface area contributed by atoms with Crippen LogP contribution in [0.3, 0.4) is 0 Å². The lowest BCUT2D eigenvalue weighted by molar-refractivity contribution is 0.413. The minimum atomic E-state index is -3.89. The molecule has 0 spiro atoms. The first-order valence-electron chi connectivity index (χ1n) is 11.0. The van der Waals surface area contributed by atoms with Gasteiger partial charge in [-0.3, -0.25) is 4.72 Å². The van der Waals surface area contributed by atoms with Gasteiger partial charge in [-0.15, -0.1) is 11.8 Å². The molecule has 3 aromatic carbocycles. The van der Waals surface area contributed by atoms with Crippen molar-refractivity contribution in [3.05, 3.63) is 76.8 Å². The molecule has 0 amide bonds. The van der Waals surface area contributed by atoms with Crippen molar-refractivity contribution in [3.8, 4) is 5.75 Å². The van der Waals surface area contributed by atoms with Crippen molar-refractivity contribution in [1.29, 1.82) is 0 Å². The van der Waals surface area contributed by atoms with Crippen LogP contribution in [0.5, 0.6) is 5.75 Å². The van der Waals surface area contributed by atoms with E-state index in [-0.39, 0.29) is 4.90 Å². The topological polar surface area (TPSA) is 70.7 Å². The van der Waals surface area contributed by atoms with E-state index in [4.69, 9.17) is 16.3 Å². The first-order chi connectivity index (χ1) is 16.4. The average molecular weight is 518 g/mol. The Hall–Kier alpha value is -2.39. The van der Waals surface area contributed by atoms with E-state index in [2.05, 4.69) is 14.9 Å². The Labute approximate surface area is 210 Å². The maximum absolute atomic E-state index is 13.5. The predicted octanol–water partition coefficient (Wildman–Crippen LogP) is 5.16. The van der Waals surface area contributed by atoms with Gasteiger partial charge in [0.2, 0.25) is 0 Å². The molecule has 0 radical (unpaired) electrons. The first-order valence-corrected chi connectivity index (χ1v) is 13.9. The highest BCUT2D eigenvalue weighted by atomic mass is 35.5. The van der Waals surface area contributed by atoms with Gasteiger partial charge in [0.05, 0.1) is 18.5 Å². The average Bonchev–Trinajstić information content (AvgIpc) is 2.84. The summed E-state index contributed by atoms with van der Waals surface area (Å²) in [6.45, 7) is 5.25. The van der Waals surface area contributed by atoms with Gasteiger partial charge in [-0.05, 0) is 48.4 Å². The highest BCUT2D eigenvalue weighted by Crippen LogP contribution is 2.37. The summed E-state index contributed by atoms with van der Waals surface area (Å²) in [5.41, 5.74) is 3.29. The quantitative estimate of drug-likeness (QED) is 0.402. The molecule has 1 saturated heterocycles. The van der Waals surface area contributed by atoms with Gasteiger partial charge in [-0.1, -0.05) is 41.9 Å². The summed E-state index contributed by atoms with van der Waals surface area (Å²) in [5.74, 6) is 1.36. The summed E-state index contributed by atoms with van der Waals surface area (Å²) < 4.78 is 35.4. The van der Waals surface area contributed by atoms with E-state index < -0.39 is 10.0 Å². The van der Waals surface area contributed by atoms with E-state index in [0.717, 1.165) is 43.0 Å². The smallest absolute Gasteiger partial charge is 0.263 e. The Morgan fingerprint density at radius 2 is 1.82 bits per heavy atom. The second kappa shape index (κ2) is 10.9. The normalized spacial score (nSPS) is 14.1. The molecule has 0 aliphatic carbocycles. The van der Waals surface area contributed by atoms with Crippen molar-refractivity contribution in [2.75, 3.05) is 42.9 Å². The minimum Gasteiger partial charge on any atom is -0.495 e. The molecule has 0 bridgehead atoms. The van der Waals surface area contributed by atoms with Crippen LogP contribution in [-0.4, -0.2) is 41.7 Å². The van der Waals surface area contributed by atoms with Gasteiger partial charge in [0.15, 0.2) is 0 Å². The van der Waals surface area contributed by atoms with E-state index in [1.807, 2.05) is 43.3 Å². The van der Waals surface area contributed by atoms with Crippen LogP contribution in [0.25, 0.3) is 0 Å². The lowest BCUT2D eigenvalue weighted by Gasteiger charge is -2.31. The number of hydrogen-bond acceptors (Lipinski definition) is 6. The minimum absolute atomic E-state index is 0.179. The third-order valence-corrected chi connectivity index (χ3v) is 8.67. The Morgan fingerprint density at radius 3 is 2.53 bits per heavy atom. The number of sulfonamides is 1. The van der Waals surface area contributed by atoms with Crippen LogP contribution < -0.4 is 19.7 Å². The van der Waals surface area contributed by atoms with Crippen LogP contribution in [0, 0.1) is 6.92 Å². The molecular formula is C25H28ClN3O3S2. The van der Waals surface area contributed by atoms with Gasteiger partial charge in [-0.25, -0.2) is 8.42 Å². The summed E-state index contributed by atoms with van der Waals surface area (Å²) in [6, 6.07) is 18.6. The van der Waals surface area contributed by atoms with Crippen molar-refractivity contribution in [2.24, 2.45) is 0 Å². The van der Waals surface area contributed by atoms with Crippen molar-refractivity contribution in [3.63, 3.8) is 0 Å². The van der Waals surface area contributed by atoms with Crippen molar-refractivity contribution < 1.29 is 13.2 Å². The first kappa shape index (κ1) is 24.7. The van der Waals surface area contributed by atoms with Crippen LogP contribution in [0.1, 0.15) is 11.1 Å². The lowest BCUT2D eigenvalue weighted by Crippen LogP contribution is -2.43. The van der Waals surface area contributed by atoms with Gasteiger partial charge in [0.25, 0.3) is 10.0 Å². The zero-order valence-electron chi connectivity index (χ0n) is 19.2. The fraction of sp³-hybridized carbons (Fsp3) is 0.280. The summed E-state index contributed by atoms with van der Waals surface area (Å²) >= 11 is 7.78. The van der Waals surface area contributed by atoms with Crippen molar-refractivity contribution in [2.45, 2.75) is 22.5 Å². The zero-order valence-corrected chi connectivity index (χ0v) is 21.6. The highest BCUT2D eigenvalue weighted by molar-refractivity contribution is 7.99. The molecule has 1 aliphatic heterocycles. The van der Waals surface area contributed by atoms with Crippen LogP contribution in [0.4, 0.5) is 11.4 Å². The number of anilines is 2. The molecule has 3 aromatic rings. The number of hydrogen-bond donors (Lipinski definition) is 2. The number of rotatable bonds is 8. The van der Waals surface area contributed by atoms with E-state index in [9.17, 15) is 8.42 Å². The fourth-order valence-electron chi connectivity index (χ4n) is 3.93. The molecule has 6 nitrogen and oxygen atoms in total. The third kappa shape index (κ3) is 5.81.